The van der Waals surface area contributed by atoms with Gasteiger partial charge in [-0.3, -0.25) is 4.79 Å². The number of piperazine rings is 1. The van der Waals surface area contributed by atoms with Crippen LogP contribution < -0.4 is 10.6 Å². The van der Waals surface area contributed by atoms with Crippen molar-refractivity contribution in [1.82, 2.24) is 19.4 Å². The number of sulfone groups is 1. The quantitative estimate of drug-likeness (QED) is 0.277. The topological polar surface area (TPSA) is 105 Å². The molecule has 9 nitrogen and oxygen atoms in total. The number of anilines is 1. The van der Waals surface area contributed by atoms with Gasteiger partial charge in [-0.1, -0.05) is 42.4 Å². The van der Waals surface area contributed by atoms with E-state index in [9.17, 15) is 22.4 Å². The molecule has 2 aromatic carbocycles. The zero-order chi connectivity index (χ0) is 31.5. The number of pyridine rings is 1. The van der Waals surface area contributed by atoms with Crippen LogP contribution in [0.3, 0.4) is 0 Å². The van der Waals surface area contributed by atoms with Gasteiger partial charge in [0.1, 0.15) is 23.1 Å². The molecule has 1 saturated heterocycles. The fourth-order valence-electron chi connectivity index (χ4n) is 5.80. The number of carbonyl (C=O) groups is 1. The maximum absolute atomic E-state index is 16.0. The number of carbonyl (C=O) groups excluding carboxylic acids is 1. The number of para-hydroxylation sites is 1. The number of amides is 1. The summed E-state index contributed by atoms with van der Waals surface area (Å²) in [6, 6.07) is 9.53. The van der Waals surface area contributed by atoms with E-state index in [0.29, 0.717) is 18.7 Å². The predicted octanol–water partition coefficient (Wildman–Crippen LogP) is 4.88. The number of hydrogen-bond donors (Lipinski definition) is 0. The summed E-state index contributed by atoms with van der Waals surface area (Å²) in [6.07, 6.45) is 3.88. The molecule has 6 rings (SSSR count). The predicted molar refractivity (Wildman–Crippen MR) is 164 cm³/mol. The molecular weight excluding hydrogens is 612 g/mol. The molecule has 0 radical (unpaired) electrons. The lowest BCUT2D eigenvalue weighted by Crippen LogP contribution is -2.54. The van der Waals surface area contributed by atoms with Crippen molar-refractivity contribution in [3.63, 3.8) is 0 Å². The zero-order valence-electron chi connectivity index (χ0n) is 23.9. The van der Waals surface area contributed by atoms with E-state index in [1.807, 2.05) is 6.92 Å². The first-order valence-electron chi connectivity index (χ1n) is 14.0. The summed E-state index contributed by atoms with van der Waals surface area (Å²) in [6.45, 7) is 6.27. The molecule has 4 aromatic rings. The monoisotopic (exact) mass is 639 g/mol. The van der Waals surface area contributed by atoms with Gasteiger partial charge in [0.15, 0.2) is 15.5 Å². The van der Waals surface area contributed by atoms with E-state index in [0.717, 1.165) is 35.8 Å². The summed E-state index contributed by atoms with van der Waals surface area (Å²) in [7, 11) is -3.85. The first-order chi connectivity index (χ1) is 20.9. The fourth-order valence-corrected chi connectivity index (χ4v) is 6.91. The molecule has 0 N–H and O–H groups in total. The van der Waals surface area contributed by atoms with Crippen LogP contribution in [0.15, 0.2) is 64.8 Å². The molecule has 2 aromatic heterocycles. The van der Waals surface area contributed by atoms with Crippen LogP contribution in [0.4, 0.5) is 14.6 Å². The summed E-state index contributed by atoms with van der Waals surface area (Å²) in [5, 5.41) is -0.216. The second-order valence-electron chi connectivity index (χ2n) is 11.1. The molecule has 3 heterocycles. The van der Waals surface area contributed by atoms with Gasteiger partial charge in [0.05, 0.1) is 21.0 Å². The molecule has 1 amide bonds. The number of benzene rings is 2. The van der Waals surface area contributed by atoms with Crippen LogP contribution in [0.2, 0.25) is 5.02 Å². The van der Waals surface area contributed by atoms with Crippen LogP contribution in [0.1, 0.15) is 31.2 Å². The Kier molecular flexibility index (Phi) is 7.53. The van der Waals surface area contributed by atoms with Gasteiger partial charge in [-0.05, 0) is 55.5 Å². The van der Waals surface area contributed by atoms with Crippen LogP contribution in [0, 0.1) is 11.6 Å². The minimum atomic E-state index is -3.85. The molecule has 13 heteroatoms. The van der Waals surface area contributed by atoms with Gasteiger partial charge in [-0.15, -0.1) is 0 Å². The van der Waals surface area contributed by atoms with Gasteiger partial charge < -0.3 is 9.80 Å². The third-order valence-electron chi connectivity index (χ3n) is 8.06. The van der Waals surface area contributed by atoms with E-state index in [4.69, 9.17) is 11.6 Å². The van der Waals surface area contributed by atoms with Crippen LogP contribution in [0.5, 0.6) is 0 Å². The normalized spacial score (nSPS) is 17.2. The van der Waals surface area contributed by atoms with E-state index in [1.165, 1.54) is 24.3 Å². The Labute approximate surface area is 257 Å². The molecule has 1 aliphatic carbocycles. The highest BCUT2D eigenvalue weighted by Gasteiger charge is 2.34. The Balaban J connectivity index is 1.68. The molecule has 1 saturated carbocycles. The first kappa shape index (κ1) is 29.9. The van der Waals surface area contributed by atoms with Gasteiger partial charge in [0.2, 0.25) is 5.91 Å². The number of hydrogen-bond acceptors (Lipinski definition) is 7. The first-order valence-corrected chi connectivity index (χ1v) is 16.3. The Hall–Kier alpha value is -4.16. The Morgan fingerprint density at radius 1 is 1.09 bits per heavy atom. The van der Waals surface area contributed by atoms with Crippen molar-refractivity contribution in [2.45, 2.75) is 36.6 Å². The largest absolute Gasteiger partial charge is 0.355 e. The average Bonchev–Trinajstić information content (AvgIpc) is 3.83. The van der Waals surface area contributed by atoms with Gasteiger partial charge >= 0.3 is 5.69 Å². The molecule has 0 spiro atoms. The Morgan fingerprint density at radius 2 is 1.82 bits per heavy atom. The summed E-state index contributed by atoms with van der Waals surface area (Å²) in [5.41, 5.74) is -0.494. The lowest BCUT2D eigenvalue weighted by molar-refractivity contribution is -0.126. The van der Waals surface area contributed by atoms with E-state index in [2.05, 4.69) is 16.5 Å². The van der Waals surface area contributed by atoms with Gasteiger partial charge in [0, 0.05) is 37.5 Å². The minimum absolute atomic E-state index is 0.0152. The Morgan fingerprint density at radius 3 is 2.48 bits per heavy atom. The molecule has 1 aliphatic heterocycles. The van der Waals surface area contributed by atoms with Crippen molar-refractivity contribution in [2.75, 3.05) is 30.8 Å². The number of aromatic nitrogens is 3. The van der Waals surface area contributed by atoms with Crippen molar-refractivity contribution in [3.8, 4) is 16.9 Å². The molecular formula is C31H28ClF2N5O4S. The van der Waals surface area contributed by atoms with E-state index < -0.39 is 27.2 Å². The lowest BCUT2D eigenvalue weighted by Gasteiger charge is -2.40. The SMILES string of the molecule is C=CC(=O)N1CCN(c2nc(=O)n(-c3c(C4CC4)cccc3S(C)(=O)=O)c3nc(-c4cccc(F)c4Cl)c(F)cc23)[C@@H](C)C1. The standard InChI is InChI=1S/C31H28ClF2N5O4S/c1-4-25(40)37-13-14-38(17(2)16-37)29-21-15-23(34)27(20-8-5-9-22(33)26(20)32)35-30(21)39(31(41)36-29)28-19(18-11-12-18)7-6-10-24(28)44(3,42)43/h4-10,15,17-18H,1,11-14,16H2,2-3H3/t17-/m0/s1. The zero-order valence-corrected chi connectivity index (χ0v) is 25.5. The van der Waals surface area contributed by atoms with E-state index >= 15 is 4.39 Å². The van der Waals surface area contributed by atoms with Crippen molar-refractivity contribution in [3.05, 3.63) is 87.8 Å². The van der Waals surface area contributed by atoms with Crippen LogP contribution in [-0.4, -0.2) is 65.7 Å². The number of fused-ring (bicyclic) bond motifs is 1. The third-order valence-corrected chi connectivity index (χ3v) is 9.58. The number of halogens is 3. The molecule has 0 unspecified atom stereocenters. The lowest BCUT2D eigenvalue weighted by atomic mass is 10.1. The fraction of sp³-hybridized carbons (Fsp3) is 0.290. The van der Waals surface area contributed by atoms with Crippen molar-refractivity contribution in [2.24, 2.45) is 0 Å². The van der Waals surface area contributed by atoms with E-state index in [1.54, 1.807) is 21.9 Å². The average molecular weight is 640 g/mol. The highest BCUT2D eigenvalue weighted by atomic mass is 35.5. The van der Waals surface area contributed by atoms with Crippen molar-refractivity contribution >= 4 is 44.2 Å². The van der Waals surface area contributed by atoms with Crippen molar-refractivity contribution in [1.29, 1.82) is 0 Å². The van der Waals surface area contributed by atoms with Gasteiger partial charge in [0.25, 0.3) is 0 Å². The highest BCUT2D eigenvalue weighted by molar-refractivity contribution is 7.90. The molecule has 0 bridgehead atoms. The van der Waals surface area contributed by atoms with Crippen LogP contribution >= 0.6 is 11.6 Å². The molecule has 228 valence electrons. The van der Waals surface area contributed by atoms with Crippen molar-refractivity contribution < 1.29 is 22.0 Å². The molecule has 2 fully saturated rings. The molecule has 44 heavy (non-hydrogen) atoms. The summed E-state index contributed by atoms with van der Waals surface area (Å²) >= 11 is 6.23. The maximum Gasteiger partial charge on any atom is 0.355 e. The van der Waals surface area contributed by atoms with E-state index in [-0.39, 0.29) is 68.1 Å². The number of rotatable bonds is 6. The summed E-state index contributed by atoms with van der Waals surface area (Å²) < 4.78 is 57.6. The third kappa shape index (κ3) is 5.15. The van der Waals surface area contributed by atoms with Crippen LogP contribution in [0.25, 0.3) is 28.0 Å². The number of nitrogens with zero attached hydrogens (tertiary/aromatic N) is 5. The maximum atomic E-state index is 16.0. The highest BCUT2D eigenvalue weighted by Crippen LogP contribution is 2.45. The van der Waals surface area contributed by atoms with Gasteiger partial charge in [-0.2, -0.15) is 4.98 Å². The molecule has 1 atom stereocenters. The smallest absolute Gasteiger partial charge is 0.350 e. The summed E-state index contributed by atoms with van der Waals surface area (Å²) in [4.78, 5) is 38.6. The van der Waals surface area contributed by atoms with Gasteiger partial charge in [-0.25, -0.2) is 31.5 Å². The minimum Gasteiger partial charge on any atom is -0.350 e. The second-order valence-corrected chi connectivity index (χ2v) is 13.5. The summed E-state index contributed by atoms with van der Waals surface area (Å²) in [5.74, 6) is -1.71. The molecule has 2 aliphatic rings. The second kappa shape index (κ2) is 11.1. The van der Waals surface area contributed by atoms with Crippen LogP contribution in [-0.2, 0) is 14.6 Å². The Bertz CT molecular complexity index is 2030.